The fraction of sp³-hybridized carbons (Fsp3) is 1.00. The van der Waals surface area contributed by atoms with Crippen LogP contribution in [0.2, 0.25) is 0 Å². The van der Waals surface area contributed by atoms with Crippen molar-refractivity contribution in [2.45, 2.75) is 45.4 Å². The minimum absolute atomic E-state index is 0.271. The molecule has 0 bridgehead atoms. The van der Waals surface area contributed by atoms with Gasteiger partial charge >= 0.3 is 0 Å². The third-order valence-electron chi connectivity index (χ3n) is 4.42. The van der Waals surface area contributed by atoms with Crippen LogP contribution in [0.25, 0.3) is 0 Å². The molecule has 4 nitrogen and oxygen atoms in total. The second-order valence-corrected chi connectivity index (χ2v) is 10.5. The number of nitrogens with two attached hydrogens (primary N) is 1. The summed E-state index contributed by atoms with van der Waals surface area (Å²) in [7, 11) is -2.98. The molecule has 6 heteroatoms. The van der Waals surface area contributed by atoms with Crippen molar-refractivity contribution in [3.05, 3.63) is 0 Å². The van der Waals surface area contributed by atoms with Gasteiger partial charge in [-0.2, -0.15) is 11.8 Å². The zero-order valence-electron chi connectivity index (χ0n) is 14.0. The number of rotatable bonds is 7. The normalized spacial score (nSPS) is 23.2. The molecule has 1 saturated heterocycles. The van der Waals surface area contributed by atoms with Crippen LogP contribution in [-0.2, 0) is 9.84 Å². The van der Waals surface area contributed by atoms with E-state index in [2.05, 4.69) is 25.7 Å². The van der Waals surface area contributed by atoms with Crippen molar-refractivity contribution < 1.29 is 8.42 Å². The highest BCUT2D eigenvalue weighted by atomic mass is 32.2. The first kappa shape index (κ1) is 19.3. The van der Waals surface area contributed by atoms with Crippen LogP contribution in [0.5, 0.6) is 0 Å². The van der Waals surface area contributed by atoms with Crippen molar-refractivity contribution in [1.82, 2.24) is 4.90 Å². The summed E-state index contributed by atoms with van der Waals surface area (Å²) in [5, 5.41) is -0.293. The topological polar surface area (TPSA) is 63.4 Å². The molecule has 1 aliphatic rings. The Morgan fingerprint density at radius 2 is 2.00 bits per heavy atom. The molecule has 1 aliphatic heterocycles. The summed E-state index contributed by atoms with van der Waals surface area (Å²) in [6, 6.07) is 0. The largest absolute Gasteiger partial charge is 0.330 e. The van der Waals surface area contributed by atoms with Crippen molar-refractivity contribution in [3.63, 3.8) is 0 Å². The van der Waals surface area contributed by atoms with Gasteiger partial charge in [0.25, 0.3) is 0 Å². The highest BCUT2D eigenvalue weighted by Crippen LogP contribution is 2.32. The van der Waals surface area contributed by atoms with E-state index in [0.717, 1.165) is 44.6 Å². The van der Waals surface area contributed by atoms with Crippen LogP contribution in [0.4, 0.5) is 0 Å². The number of thioether (sulfide) groups is 1. The average molecular weight is 337 g/mol. The Morgan fingerprint density at radius 1 is 1.33 bits per heavy atom. The fourth-order valence-electron chi connectivity index (χ4n) is 3.02. The Morgan fingerprint density at radius 3 is 2.52 bits per heavy atom. The first-order chi connectivity index (χ1) is 9.66. The van der Waals surface area contributed by atoms with Crippen LogP contribution in [0, 0.1) is 11.3 Å². The SMILES string of the molecule is CC(C)(C)C(CCN)CCCN1CCSCC1S(C)(=O)=O. The molecule has 0 amide bonds. The average Bonchev–Trinajstić information content (AvgIpc) is 2.36. The monoisotopic (exact) mass is 336 g/mol. The number of sulfone groups is 1. The zero-order chi connectivity index (χ0) is 16.1. The second kappa shape index (κ2) is 8.18. The highest BCUT2D eigenvalue weighted by Gasteiger charge is 2.31. The molecular formula is C15H32N2O2S2. The Balaban J connectivity index is 2.52. The maximum atomic E-state index is 11.9. The molecule has 0 aliphatic carbocycles. The minimum atomic E-state index is -2.98. The van der Waals surface area contributed by atoms with Crippen LogP contribution in [0.15, 0.2) is 0 Å². The maximum absolute atomic E-state index is 11.9. The van der Waals surface area contributed by atoms with E-state index in [9.17, 15) is 8.42 Å². The first-order valence-corrected chi connectivity index (χ1v) is 11.0. The summed E-state index contributed by atoms with van der Waals surface area (Å²) < 4.78 is 23.8. The smallest absolute Gasteiger partial charge is 0.164 e. The second-order valence-electron chi connectivity index (χ2n) is 7.18. The molecule has 2 N–H and O–H groups in total. The summed E-state index contributed by atoms with van der Waals surface area (Å²) in [5.41, 5.74) is 6.00. The van der Waals surface area contributed by atoms with E-state index in [4.69, 9.17) is 5.73 Å². The lowest BCUT2D eigenvalue weighted by molar-refractivity contribution is 0.192. The van der Waals surface area contributed by atoms with Crippen LogP contribution >= 0.6 is 11.8 Å². The van der Waals surface area contributed by atoms with Gasteiger partial charge < -0.3 is 5.73 Å². The molecule has 1 fully saturated rings. The Bertz CT molecular complexity index is 404. The summed E-state index contributed by atoms with van der Waals surface area (Å²) in [6.45, 7) is 9.31. The molecule has 2 unspecified atom stereocenters. The standard InChI is InChI=1S/C15H32N2O2S2/c1-15(2,3)13(7-8-16)6-5-9-17-10-11-20-12-14(17)21(4,18)19/h13-14H,5-12,16H2,1-4H3. The first-order valence-electron chi connectivity index (χ1n) is 7.87. The van der Waals surface area contributed by atoms with Gasteiger partial charge in [0.1, 0.15) is 5.37 Å². The van der Waals surface area contributed by atoms with Gasteiger partial charge in [0, 0.05) is 24.3 Å². The third-order valence-corrected chi connectivity index (χ3v) is 7.11. The van der Waals surface area contributed by atoms with Crippen molar-refractivity contribution in [1.29, 1.82) is 0 Å². The van der Waals surface area contributed by atoms with E-state index in [0.29, 0.717) is 11.7 Å². The van der Waals surface area contributed by atoms with Gasteiger partial charge in [-0.3, -0.25) is 4.90 Å². The maximum Gasteiger partial charge on any atom is 0.164 e. The molecule has 0 radical (unpaired) electrons. The summed E-state index contributed by atoms with van der Waals surface area (Å²) in [4.78, 5) is 2.16. The number of hydrogen-bond acceptors (Lipinski definition) is 5. The van der Waals surface area contributed by atoms with Crippen LogP contribution in [0.1, 0.15) is 40.0 Å². The fourth-order valence-corrected chi connectivity index (χ4v) is 5.99. The third kappa shape index (κ3) is 6.47. The van der Waals surface area contributed by atoms with Gasteiger partial charge in [0.15, 0.2) is 9.84 Å². The van der Waals surface area contributed by atoms with Crippen LogP contribution < -0.4 is 5.73 Å². The molecular weight excluding hydrogens is 304 g/mol. The van der Waals surface area contributed by atoms with Gasteiger partial charge in [0.05, 0.1) is 0 Å². The number of nitrogens with zero attached hydrogens (tertiary/aromatic N) is 1. The minimum Gasteiger partial charge on any atom is -0.330 e. The summed E-state index contributed by atoms with van der Waals surface area (Å²) in [5.74, 6) is 2.36. The zero-order valence-corrected chi connectivity index (χ0v) is 15.6. The van der Waals surface area contributed by atoms with Gasteiger partial charge in [-0.25, -0.2) is 8.42 Å². The van der Waals surface area contributed by atoms with Gasteiger partial charge in [-0.15, -0.1) is 0 Å². The predicted octanol–water partition coefficient (Wildman–Crippen LogP) is 2.20. The molecule has 0 saturated carbocycles. The van der Waals surface area contributed by atoms with E-state index >= 15 is 0 Å². The van der Waals surface area contributed by atoms with Crippen molar-refractivity contribution >= 4 is 21.6 Å². The Kier molecular flexibility index (Phi) is 7.50. The lowest BCUT2D eigenvalue weighted by Gasteiger charge is -2.35. The van der Waals surface area contributed by atoms with Crippen LogP contribution in [0.3, 0.4) is 0 Å². The summed E-state index contributed by atoms with van der Waals surface area (Å²) in [6.07, 6.45) is 4.59. The van der Waals surface area contributed by atoms with E-state index < -0.39 is 9.84 Å². The summed E-state index contributed by atoms with van der Waals surface area (Å²) >= 11 is 1.75. The molecule has 2 atom stereocenters. The molecule has 0 aromatic rings. The molecule has 0 spiro atoms. The Hall–Kier alpha value is 0.220. The molecule has 0 aromatic carbocycles. The highest BCUT2D eigenvalue weighted by molar-refractivity contribution is 8.00. The van der Waals surface area contributed by atoms with Crippen LogP contribution in [-0.4, -0.2) is 56.1 Å². The van der Waals surface area contributed by atoms with E-state index in [1.165, 1.54) is 6.26 Å². The molecule has 0 aromatic heterocycles. The van der Waals surface area contributed by atoms with Gasteiger partial charge in [0.2, 0.25) is 0 Å². The lowest BCUT2D eigenvalue weighted by Crippen LogP contribution is -2.47. The molecule has 126 valence electrons. The molecule has 1 heterocycles. The van der Waals surface area contributed by atoms with Gasteiger partial charge in [-0.05, 0) is 43.7 Å². The van der Waals surface area contributed by atoms with Gasteiger partial charge in [-0.1, -0.05) is 20.8 Å². The lowest BCUT2D eigenvalue weighted by atomic mass is 9.76. The number of hydrogen-bond donors (Lipinski definition) is 1. The van der Waals surface area contributed by atoms with Crippen molar-refractivity contribution in [2.75, 3.05) is 37.4 Å². The van der Waals surface area contributed by atoms with E-state index in [-0.39, 0.29) is 10.8 Å². The van der Waals surface area contributed by atoms with Crippen molar-refractivity contribution in [3.8, 4) is 0 Å². The molecule has 21 heavy (non-hydrogen) atoms. The quantitative estimate of drug-likeness (QED) is 0.772. The van der Waals surface area contributed by atoms with Crippen molar-refractivity contribution in [2.24, 2.45) is 17.1 Å². The molecule has 1 rings (SSSR count). The predicted molar refractivity (Wildman–Crippen MR) is 93.4 cm³/mol. The van der Waals surface area contributed by atoms with E-state index in [1.54, 1.807) is 11.8 Å². The van der Waals surface area contributed by atoms with E-state index in [1.807, 2.05) is 0 Å². The Labute approximate surface area is 135 Å².